The van der Waals surface area contributed by atoms with Crippen LogP contribution in [0.5, 0.6) is 0 Å². The molecule has 0 amide bonds. The summed E-state index contributed by atoms with van der Waals surface area (Å²) >= 11 is 0. The summed E-state index contributed by atoms with van der Waals surface area (Å²) in [5, 5.41) is 3.38. The maximum atomic E-state index is 3.38. The summed E-state index contributed by atoms with van der Waals surface area (Å²) in [5.41, 5.74) is 3.05. The number of hydrogen-bond donors (Lipinski definition) is 1. The number of rotatable bonds is 4. The van der Waals surface area contributed by atoms with Crippen molar-refractivity contribution in [2.24, 2.45) is 0 Å². The molecule has 0 aromatic heterocycles. The van der Waals surface area contributed by atoms with Crippen molar-refractivity contribution in [1.29, 1.82) is 0 Å². The summed E-state index contributed by atoms with van der Waals surface area (Å²) in [6.45, 7) is 3.56. The van der Waals surface area contributed by atoms with E-state index in [9.17, 15) is 0 Å². The van der Waals surface area contributed by atoms with Crippen molar-refractivity contribution in [3.05, 3.63) is 35.4 Å². The van der Waals surface area contributed by atoms with E-state index in [1.807, 2.05) is 0 Å². The number of benzene rings is 1. The third kappa shape index (κ3) is 2.70. The second kappa shape index (κ2) is 4.79. The minimum Gasteiger partial charge on any atom is -0.316 e. The number of likely N-dealkylation sites (N-methyl/N-ethyl adjacent to an activating group) is 1. The molecule has 1 unspecified atom stereocenters. The van der Waals surface area contributed by atoms with Crippen molar-refractivity contribution < 1.29 is 0 Å². The fourth-order valence-electron chi connectivity index (χ4n) is 2.83. The van der Waals surface area contributed by atoms with Gasteiger partial charge >= 0.3 is 0 Å². The van der Waals surface area contributed by atoms with E-state index in [1.165, 1.54) is 37.9 Å². The Morgan fingerprint density at radius 2 is 2.18 bits per heavy atom. The first-order chi connectivity index (χ1) is 8.35. The topological polar surface area (TPSA) is 15.3 Å². The zero-order valence-electron chi connectivity index (χ0n) is 10.7. The summed E-state index contributed by atoms with van der Waals surface area (Å²) in [6, 6.07) is 9.92. The monoisotopic (exact) mass is 230 g/mol. The van der Waals surface area contributed by atoms with Crippen LogP contribution in [0.15, 0.2) is 24.3 Å². The minimum absolute atomic E-state index is 0.696. The van der Waals surface area contributed by atoms with E-state index >= 15 is 0 Å². The molecular formula is C15H22N2. The van der Waals surface area contributed by atoms with Crippen LogP contribution in [-0.4, -0.2) is 31.1 Å². The van der Waals surface area contributed by atoms with Crippen LogP contribution >= 0.6 is 0 Å². The summed E-state index contributed by atoms with van der Waals surface area (Å²) in [6.07, 6.45) is 4.09. The Balaban J connectivity index is 1.62. The summed E-state index contributed by atoms with van der Waals surface area (Å²) < 4.78 is 0. The Labute approximate surface area is 104 Å². The maximum absolute atomic E-state index is 3.38. The van der Waals surface area contributed by atoms with Crippen molar-refractivity contribution in [1.82, 2.24) is 10.2 Å². The molecule has 1 saturated carbocycles. The molecule has 1 aromatic rings. The van der Waals surface area contributed by atoms with Gasteiger partial charge in [-0.1, -0.05) is 24.3 Å². The van der Waals surface area contributed by atoms with Gasteiger partial charge in [0.2, 0.25) is 0 Å². The van der Waals surface area contributed by atoms with Gasteiger partial charge in [0.05, 0.1) is 0 Å². The molecule has 1 aliphatic carbocycles. The molecule has 1 N–H and O–H groups in total. The minimum atomic E-state index is 0.696. The molecule has 1 atom stereocenters. The van der Waals surface area contributed by atoms with Crippen LogP contribution in [0.25, 0.3) is 0 Å². The number of nitrogens with zero attached hydrogens (tertiary/aromatic N) is 1. The quantitative estimate of drug-likeness (QED) is 0.854. The molecule has 17 heavy (non-hydrogen) atoms. The van der Waals surface area contributed by atoms with Crippen LogP contribution in [0.4, 0.5) is 0 Å². The molecule has 2 heteroatoms. The fraction of sp³-hybridized carbons (Fsp3) is 0.600. The van der Waals surface area contributed by atoms with Gasteiger partial charge < -0.3 is 5.32 Å². The van der Waals surface area contributed by atoms with E-state index in [-0.39, 0.29) is 0 Å². The molecular weight excluding hydrogens is 208 g/mol. The molecule has 1 aromatic carbocycles. The largest absolute Gasteiger partial charge is 0.316 e. The van der Waals surface area contributed by atoms with Crippen LogP contribution in [-0.2, 0) is 6.54 Å². The lowest BCUT2D eigenvalue weighted by Gasteiger charge is -2.16. The number of nitrogens with one attached hydrogen (secondary N) is 1. The summed E-state index contributed by atoms with van der Waals surface area (Å²) in [4.78, 5) is 2.56. The predicted molar refractivity (Wildman–Crippen MR) is 71.2 cm³/mol. The molecule has 0 bridgehead atoms. The third-order valence-corrected chi connectivity index (χ3v) is 4.09. The van der Waals surface area contributed by atoms with Crippen molar-refractivity contribution in [3.8, 4) is 0 Å². The molecule has 0 spiro atoms. The fourth-order valence-corrected chi connectivity index (χ4v) is 2.83. The van der Waals surface area contributed by atoms with Crippen LogP contribution in [0.2, 0.25) is 0 Å². The lowest BCUT2D eigenvalue weighted by molar-refractivity contribution is 0.322. The predicted octanol–water partition coefficient (Wildman–Crippen LogP) is 2.36. The smallest absolute Gasteiger partial charge is 0.0234 e. The first-order valence-corrected chi connectivity index (χ1v) is 6.83. The molecule has 1 saturated heterocycles. The Bertz CT molecular complexity index is 384. The van der Waals surface area contributed by atoms with E-state index in [1.54, 1.807) is 5.56 Å². The lowest BCUT2D eigenvalue weighted by Crippen LogP contribution is -2.29. The maximum Gasteiger partial charge on any atom is 0.0234 e. The molecule has 2 aliphatic rings. The van der Waals surface area contributed by atoms with Gasteiger partial charge in [-0.25, -0.2) is 0 Å². The van der Waals surface area contributed by atoms with Crippen molar-refractivity contribution in [3.63, 3.8) is 0 Å². The average molecular weight is 230 g/mol. The first-order valence-electron chi connectivity index (χ1n) is 6.83. The molecule has 2 nitrogen and oxygen atoms in total. The normalized spacial score (nSPS) is 25.4. The van der Waals surface area contributed by atoms with Crippen LogP contribution in [0.3, 0.4) is 0 Å². The average Bonchev–Trinajstić information content (AvgIpc) is 3.11. The summed E-state index contributed by atoms with van der Waals surface area (Å²) in [5.74, 6) is 0.874. The van der Waals surface area contributed by atoms with Gasteiger partial charge in [0.1, 0.15) is 0 Å². The van der Waals surface area contributed by atoms with Crippen molar-refractivity contribution in [2.45, 2.75) is 37.8 Å². The van der Waals surface area contributed by atoms with Gasteiger partial charge in [-0.2, -0.15) is 0 Å². The van der Waals surface area contributed by atoms with Gasteiger partial charge in [0.15, 0.2) is 0 Å². The highest BCUT2D eigenvalue weighted by Crippen LogP contribution is 2.40. The molecule has 1 aliphatic heterocycles. The molecule has 3 rings (SSSR count). The van der Waals surface area contributed by atoms with Crippen LogP contribution in [0.1, 0.15) is 36.3 Å². The molecule has 92 valence electrons. The highest BCUT2D eigenvalue weighted by Gasteiger charge is 2.24. The van der Waals surface area contributed by atoms with Gasteiger partial charge in [0.25, 0.3) is 0 Å². The molecule has 0 radical (unpaired) electrons. The van der Waals surface area contributed by atoms with Crippen LogP contribution < -0.4 is 5.32 Å². The standard InChI is InChI=1S/C15H22N2/c1-16-15-7-8-17(11-15)10-12-3-2-4-14(9-12)13-5-6-13/h2-4,9,13,15-16H,5-8,10-11H2,1H3. The Morgan fingerprint density at radius 3 is 2.88 bits per heavy atom. The van der Waals surface area contributed by atoms with E-state index in [2.05, 4.69) is 41.5 Å². The summed E-state index contributed by atoms with van der Waals surface area (Å²) in [7, 11) is 2.07. The molecule has 2 fully saturated rings. The second-order valence-corrected chi connectivity index (χ2v) is 5.53. The lowest BCUT2D eigenvalue weighted by atomic mass is 10.1. The Hall–Kier alpha value is -0.860. The second-order valence-electron chi connectivity index (χ2n) is 5.53. The Morgan fingerprint density at radius 1 is 1.29 bits per heavy atom. The zero-order valence-corrected chi connectivity index (χ0v) is 10.7. The SMILES string of the molecule is CNC1CCN(Cc2cccc(C3CC3)c2)C1. The van der Waals surface area contributed by atoms with E-state index in [0.29, 0.717) is 6.04 Å². The highest BCUT2D eigenvalue weighted by molar-refractivity contribution is 5.29. The van der Waals surface area contributed by atoms with Crippen LogP contribution in [0, 0.1) is 0 Å². The Kier molecular flexibility index (Phi) is 3.17. The van der Waals surface area contributed by atoms with E-state index in [4.69, 9.17) is 0 Å². The van der Waals surface area contributed by atoms with Crippen molar-refractivity contribution in [2.75, 3.05) is 20.1 Å². The number of hydrogen-bond acceptors (Lipinski definition) is 2. The van der Waals surface area contributed by atoms with Gasteiger partial charge in [-0.15, -0.1) is 0 Å². The van der Waals surface area contributed by atoms with Gasteiger partial charge in [-0.3, -0.25) is 4.90 Å². The zero-order chi connectivity index (χ0) is 11.7. The first kappa shape index (κ1) is 11.2. The van der Waals surface area contributed by atoms with Gasteiger partial charge in [0, 0.05) is 25.7 Å². The van der Waals surface area contributed by atoms with E-state index < -0.39 is 0 Å². The third-order valence-electron chi connectivity index (χ3n) is 4.09. The van der Waals surface area contributed by atoms with Crippen molar-refractivity contribution >= 4 is 0 Å². The number of likely N-dealkylation sites (tertiary alicyclic amines) is 1. The van der Waals surface area contributed by atoms with Gasteiger partial charge in [-0.05, 0) is 43.4 Å². The molecule has 1 heterocycles. The van der Waals surface area contributed by atoms with E-state index in [0.717, 1.165) is 12.5 Å². The highest BCUT2D eigenvalue weighted by atomic mass is 15.2.